The summed E-state index contributed by atoms with van der Waals surface area (Å²) < 4.78 is 0. The number of hydrogen-bond donors (Lipinski definition) is 3. The third kappa shape index (κ3) is 5.88. The summed E-state index contributed by atoms with van der Waals surface area (Å²) >= 11 is 0. The van der Waals surface area contributed by atoms with E-state index in [2.05, 4.69) is 75.6 Å². The lowest BCUT2D eigenvalue weighted by molar-refractivity contribution is -0.134. The molecule has 0 bridgehead atoms. The number of carboxylic acids is 2. The van der Waals surface area contributed by atoms with Crippen molar-refractivity contribution in [2.45, 2.75) is 37.6 Å². The van der Waals surface area contributed by atoms with Crippen LogP contribution in [0, 0.1) is 11.8 Å². The summed E-state index contributed by atoms with van der Waals surface area (Å²) in [6.45, 7) is 4.80. The molecule has 194 valence electrons. The number of fused-ring (bicyclic) bond motifs is 2. The highest BCUT2D eigenvalue weighted by molar-refractivity contribution is 5.89. The highest BCUT2D eigenvalue weighted by Crippen LogP contribution is 2.52. The van der Waals surface area contributed by atoms with Crippen molar-refractivity contribution in [1.29, 1.82) is 0 Å². The first-order valence-corrected chi connectivity index (χ1v) is 13.2. The molecule has 3 fully saturated rings. The number of carboxylic acid groups (broad SMARTS) is 2. The van der Waals surface area contributed by atoms with Gasteiger partial charge in [-0.2, -0.15) is 0 Å². The van der Waals surface area contributed by atoms with Gasteiger partial charge in [0.05, 0.1) is 0 Å². The van der Waals surface area contributed by atoms with Gasteiger partial charge in [-0.1, -0.05) is 36.4 Å². The van der Waals surface area contributed by atoms with Gasteiger partial charge in [0.15, 0.2) is 0 Å². The van der Waals surface area contributed by atoms with Crippen LogP contribution in [0.3, 0.4) is 0 Å². The maximum Gasteiger partial charge on any atom is 0.328 e. The van der Waals surface area contributed by atoms with Gasteiger partial charge in [0.2, 0.25) is 0 Å². The van der Waals surface area contributed by atoms with E-state index in [-0.39, 0.29) is 0 Å². The van der Waals surface area contributed by atoms with Crippen molar-refractivity contribution < 1.29 is 19.8 Å². The minimum absolute atomic E-state index is 0.558. The van der Waals surface area contributed by atoms with Crippen molar-refractivity contribution in [3.63, 3.8) is 0 Å². The van der Waals surface area contributed by atoms with Crippen molar-refractivity contribution in [2.24, 2.45) is 11.8 Å². The molecule has 2 atom stereocenters. The summed E-state index contributed by atoms with van der Waals surface area (Å²) in [5.41, 5.74) is 4.26. The molecule has 1 aliphatic heterocycles. The van der Waals surface area contributed by atoms with E-state index < -0.39 is 11.9 Å². The molecule has 2 saturated carbocycles. The molecule has 3 N–H and O–H groups in total. The van der Waals surface area contributed by atoms with Gasteiger partial charge < -0.3 is 20.1 Å². The molecule has 2 aromatic carbocycles. The first-order chi connectivity index (χ1) is 18.0. The lowest BCUT2D eigenvalue weighted by atomic mass is 9.93. The Bertz CT molecular complexity index is 1220. The summed E-state index contributed by atoms with van der Waals surface area (Å²) in [5, 5.41) is 17.1. The summed E-state index contributed by atoms with van der Waals surface area (Å²) in [6.07, 6.45) is 9.05. The van der Waals surface area contributed by atoms with Crippen molar-refractivity contribution in [1.82, 2.24) is 9.88 Å². The van der Waals surface area contributed by atoms with Gasteiger partial charge in [0.1, 0.15) is 0 Å². The van der Waals surface area contributed by atoms with Gasteiger partial charge in [-0.05, 0) is 67.2 Å². The predicted molar refractivity (Wildman–Crippen MR) is 145 cm³/mol. The SMILES string of the molecule is O=C(O)/C=C/C(=O)O.c1ccc(N2CCN(C3CC4CC(c5c[nH]c6ccccc56)CC4C3)CC2)cc1. The Hall–Kier alpha value is -3.58. The minimum Gasteiger partial charge on any atom is -0.478 e. The van der Waals surface area contributed by atoms with Gasteiger partial charge in [-0.15, -0.1) is 0 Å². The molecule has 0 spiro atoms. The van der Waals surface area contributed by atoms with Crippen LogP contribution in [0.4, 0.5) is 5.69 Å². The minimum atomic E-state index is -1.26. The number of piperazine rings is 1. The van der Waals surface area contributed by atoms with Crippen LogP contribution in [0.1, 0.15) is 37.2 Å². The van der Waals surface area contributed by atoms with Crippen LogP contribution in [0.5, 0.6) is 0 Å². The Morgan fingerprint density at radius 3 is 2.00 bits per heavy atom. The average Bonchev–Trinajstić information content (AvgIpc) is 3.62. The topological polar surface area (TPSA) is 96.9 Å². The first-order valence-electron chi connectivity index (χ1n) is 13.2. The maximum absolute atomic E-state index is 9.55. The van der Waals surface area contributed by atoms with E-state index in [1.165, 1.54) is 68.5 Å². The Balaban J connectivity index is 0.000000307. The molecule has 6 rings (SSSR count). The third-order valence-corrected chi connectivity index (χ3v) is 8.37. The number of para-hydroxylation sites is 2. The fourth-order valence-corrected chi connectivity index (χ4v) is 6.70. The molecular weight excluding hydrogens is 466 g/mol. The average molecular weight is 502 g/mol. The van der Waals surface area contributed by atoms with Crippen LogP contribution in [0.25, 0.3) is 10.9 Å². The second-order valence-corrected chi connectivity index (χ2v) is 10.5. The second-order valence-electron chi connectivity index (χ2n) is 10.5. The van der Waals surface area contributed by atoms with E-state index in [4.69, 9.17) is 10.2 Å². The number of hydrogen-bond acceptors (Lipinski definition) is 4. The lowest BCUT2D eigenvalue weighted by Gasteiger charge is -2.39. The van der Waals surface area contributed by atoms with E-state index in [0.717, 1.165) is 23.8 Å². The van der Waals surface area contributed by atoms with E-state index >= 15 is 0 Å². The number of H-pyrrole nitrogens is 1. The number of nitrogens with one attached hydrogen (secondary N) is 1. The number of aromatic amines is 1. The van der Waals surface area contributed by atoms with Crippen molar-refractivity contribution in [3.05, 3.63) is 78.5 Å². The van der Waals surface area contributed by atoms with Crippen LogP contribution in [0.15, 0.2) is 72.9 Å². The van der Waals surface area contributed by atoms with E-state index in [1.807, 2.05) is 0 Å². The fourth-order valence-electron chi connectivity index (χ4n) is 6.70. The number of rotatable bonds is 5. The monoisotopic (exact) mass is 501 g/mol. The summed E-state index contributed by atoms with van der Waals surface area (Å²) in [4.78, 5) is 28.0. The number of aromatic nitrogens is 1. The first kappa shape index (κ1) is 25.1. The second kappa shape index (κ2) is 11.2. The molecule has 2 aliphatic carbocycles. The van der Waals surface area contributed by atoms with Crippen LogP contribution in [-0.2, 0) is 9.59 Å². The Morgan fingerprint density at radius 1 is 0.784 bits per heavy atom. The molecule has 2 unspecified atom stereocenters. The summed E-state index contributed by atoms with van der Waals surface area (Å²) in [6, 6.07) is 20.6. The molecule has 1 saturated heterocycles. The van der Waals surface area contributed by atoms with E-state index in [1.54, 1.807) is 5.56 Å². The molecule has 0 radical (unpaired) electrons. The lowest BCUT2D eigenvalue weighted by Crippen LogP contribution is -2.50. The van der Waals surface area contributed by atoms with Gasteiger partial charge >= 0.3 is 11.9 Å². The Kier molecular flexibility index (Phi) is 7.60. The standard InChI is InChI=1S/C26H31N3.C4H4O4/c1-2-6-22(7-3-1)28-10-12-29(13-11-28)23-16-19-14-21(15-20(19)17-23)25-18-27-26-9-5-4-8-24(25)26;5-3(6)1-2-4(7)8/h1-9,18-21,23,27H,10-17H2;1-2H,(H,5,6)(H,7,8)/b;2-1+. The van der Waals surface area contributed by atoms with E-state index in [9.17, 15) is 9.59 Å². The molecule has 0 amide bonds. The van der Waals surface area contributed by atoms with Gasteiger partial charge in [-0.25, -0.2) is 9.59 Å². The Morgan fingerprint density at radius 2 is 1.38 bits per heavy atom. The molecule has 2 heterocycles. The molecule has 7 nitrogen and oxygen atoms in total. The van der Waals surface area contributed by atoms with Crippen LogP contribution in [0.2, 0.25) is 0 Å². The molecule has 37 heavy (non-hydrogen) atoms. The number of benzene rings is 2. The zero-order chi connectivity index (χ0) is 25.8. The van der Waals surface area contributed by atoms with Crippen LogP contribution in [-0.4, -0.2) is 64.3 Å². The predicted octanol–water partition coefficient (Wildman–Crippen LogP) is 4.97. The largest absolute Gasteiger partial charge is 0.478 e. The van der Waals surface area contributed by atoms with Gasteiger partial charge in [0.25, 0.3) is 0 Å². The van der Waals surface area contributed by atoms with Crippen molar-refractivity contribution in [3.8, 4) is 0 Å². The molecule has 7 heteroatoms. The van der Waals surface area contributed by atoms with Crippen LogP contribution < -0.4 is 4.90 Å². The van der Waals surface area contributed by atoms with Crippen LogP contribution >= 0.6 is 0 Å². The Labute approximate surface area is 217 Å². The summed E-state index contributed by atoms with van der Waals surface area (Å²) in [7, 11) is 0. The quantitative estimate of drug-likeness (QED) is 0.427. The smallest absolute Gasteiger partial charge is 0.328 e. The highest BCUT2D eigenvalue weighted by Gasteiger charge is 2.44. The van der Waals surface area contributed by atoms with Gasteiger partial charge in [0, 0.05) is 67.2 Å². The number of nitrogens with zero attached hydrogens (tertiary/aromatic N) is 2. The molecule has 3 aromatic rings. The van der Waals surface area contributed by atoms with Crippen molar-refractivity contribution in [2.75, 3.05) is 31.1 Å². The number of carbonyl (C=O) groups is 2. The highest BCUT2D eigenvalue weighted by atomic mass is 16.4. The fraction of sp³-hybridized carbons (Fsp3) is 0.400. The molecule has 1 aromatic heterocycles. The number of aliphatic carboxylic acids is 2. The van der Waals surface area contributed by atoms with Crippen molar-refractivity contribution >= 4 is 28.5 Å². The molecule has 3 aliphatic rings. The maximum atomic E-state index is 9.55. The molecular formula is C30H35N3O4. The number of anilines is 1. The third-order valence-electron chi connectivity index (χ3n) is 8.37. The van der Waals surface area contributed by atoms with E-state index in [0.29, 0.717) is 12.2 Å². The normalized spacial score (nSPS) is 25.7. The van der Waals surface area contributed by atoms with Gasteiger partial charge in [-0.3, -0.25) is 4.90 Å². The zero-order valence-corrected chi connectivity index (χ0v) is 21.0. The summed E-state index contributed by atoms with van der Waals surface area (Å²) in [5.74, 6) is 0.119. The zero-order valence-electron chi connectivity index (χ0n) is 21.0.